The minimum atomic E-state index is -1.47. The molecule has 0 unspecified atom stereocenters. The maximum Gasteiger partial charge on any atom is 0.489 e. The molecule has 2 N–H and O–H groups in total. The fraction of sp³-hybridized carbons (Fsp3) is 0.167. The van der Waals surface area contributed by atoms with E-state index in [1.807, 2.05) is 0 Å². The number of rotatable bonds is 2. The predicted octanol–water partition coefficient (Wildman–Crippen LogP) is -0.451. The van der Waals surface area contributed by atoms with E-state index in [9.17, 15) is 4.79 Å². The summed E-state index contributed by atoms with van der Waals surface area (Å²) in [5.41, 5.74) is 0.414. The summed E-state index contributed by atoms with van der Waals surface area (Å²) in [5, 5.41) is 17.5. The zero-order chi connectivity index (χ0) is 8.43. The predicted molar refractivity (Wildman–Crippen MR) is 44.3 cm³/mol. The topological polar surface area (TPSA) is 57.5 Å². The highest BCUT2D eigenvalue weighted by Gasteiger charge is 2.16. The average Bonchev–Trinajstić information content (AvgIpc) is 2.30. The van der Waals surface area contributed by atoms with E-state index in [0.717, 1.165) is 4.88 Å². The molecule has 11 heavy (non-hydrogen) atoms. The first kappa shape index (κ1) is 8.45. The lowest BCUT2D eigenvalue weighted by atomic mass is 9.80. The third-order valence-corrected chi connectivity index (χ3v) is 2.36. The Morgan fingerprint density at radius 2 is 2.27 bits per heavy atom. The first-order valence-corrected chi connectivity index (χ1v) is 3.88. The normalized spacial score (nSPS) is 9.73. The molecule has 0 atom stereocenters. The molecule has 0 aliphatic heterocycles. The van der Waals surface area contributed by atoms with Gasteiger partial charge >= 0.3 is 7.12 Å². The highest BCUT2D eigenvalue weighted by molar-refractivity contribution is 7.14. The average molecular weight is 170 g/mol. The Morgan fingerprint density at radius 1 is 1.64 bits per heavy atom. The van der Waals surface area contributed by atoms with Crippen LogP contribution in [0.5, 0.6) is 0 Å². The van der Waals surface area contributed by atoms with Crippen molar-refractivity contribution in [1.29, 1.82) is 0 Å². The lowest BCUT2D eigenvalue weighted by molar-refractivity contribution is 0.112. The number of aldehydes is 1. The highest BCUT2D eigenvalue weighted by Crippen LogP contribution is 2.10. The van der Waals surface area contributed by atoms with Gasteiger partial charge in [0.15, 0.2) is 6.29 Å². The molecule has 1 heterocycles. The van der Waals surface area contributed by atoms with Crippen LogP contribution in [-0.4, -0.2) is 23.5 Å². The lowest BCUT2D eigenvalue weighted by Crippen LogP contribution is -2.30. The first-order valence-electron chi connectivity index (χ1n) is 3.07. The van der Waals surface area contributed by atoms with Crippen molar-refractivity contribution in [2.24, 2.45) is 0 Å². The minimum absolute atomic E-state index is 0.414. The zero-order valence-electron chi connectivity index (χ0n) is 5.94. The van der Waals surface area contributed by atoms with Gasteiger partial charge in [0, 0.05) is 4.88 Å². The molecule has 0 bridgehead atoms. The number of carbonyl (C=O) groups is 1. The summed E-state index contributed by atoms with van der Waals surface area (Å²) in [7, 11) is -1.47. The maximum atomic E-state index is 10.2. The third-order valence-electron chi connectivity index (χ3n) is 1.37. The van der Waals surface area contributed by atoms with Gasteiger partial charge in [-0.05, 0) is 18.5 Å². The van der Waals surface area contributed by atoms with Crippen molar-refractivity contribution in [3.8, 4) is 0 Å². The molecular formula is C6H7BO3S. The van der Waals surface area contributed by atoms with Gasteiger partial charge in [-0.15, -0.1) is 11.3 Å². The molecule has 0 fully saturated rings. The fourth-order valence-corrected chi connectivity index (χ4v) is 1.70. The quantitative estimate of drug-likeness (QED) is 0.466. The highest BCUT2D eigenvalue weighted by atomic mass is 32.1. The number of carbonyl (C=O) groups excluding carboxylic acids is 1. The second kappa shape index (κ2) is 3.17. The van der Waals surface area contributed by atoms with Crippen molar-refractivity contribution in [1.82, 2.24) is 0 Å². The molecule has 5 heteroatoms. The molecule has 0 radical (unpaired) electrons. The second-order valence-corrected chi connectivity index (χ2v) is 3.44. The van der Waals surface area contributed by atoms with Crippen molar-refractivity contribution in [3.05, 3.63) is 15.8 Å². The van der Waals surface area contributed by atoms with Gasteiger partial charge in [-0.25, -0.2) is 0 Å². The molecule has 0 aromatic carbocycles. The zero-order valence-corrected chi connectivity index (χ0v) is 6.76. The van der Waals surface area contributed by atoms with E-state index in [4.69, 9.17) is 10.0 Å². The van der Waals surface area contributed by atoms with Crippen LogP contribution in [0.4, 0.5) is 0 Å². The van der Waals surface area contributed by atoms with Crippen LogP contribution in [0.15, 0.2) is 6.07 Å². The molecule has 1 aromatic rings. The van der Waals surface area contributed by atoms with E-state index in [2.05, 4.69) is 0 Å². The van der Waals surface area contributed by atoms with Gasteiger partial charge in [-0.1, -0.05) is 0 Å². The molecular weight excluding hydrogens is 163 g/mol. The Morgan fingerprint density at radius 3 is 2.55 bits per heavy atom. The molecule has 0 aliphatic carbocycles. The number of hydrogen-bond donors (Lipinski definition) is 2. The van der Waals surface area contributed by atoms with Crippen LogP contribution in [-0.2, 0) is 0 Å². The summed E-state index contributed by atoms with van der Waals surface area (Å²) in [6, 6.07) is 1.48. The summed E-state index contributed by atoms with van der Waals surface area (Å²) < 4.78 is 0. The Hall–Kier alpha value is -0.645. The maximum absolute atomic E-state index is 10.2. The largest absolute Gasteiger partial charge is 0.489 e. The van der Waals surface area contributed by atoms with E-state index in [-0.39, 0.29) is 0 Å². The van der Waals surface area contributed by atoms with E-state index < -0.39 is 7.12 Å². The van der Waals surface area contributed by atoms with Gasteiger partial charge in [0.25, 0.3) is 0 Å². The lowest BCUT2D eigenvalue weighted by Gasteiger charge is -1.93. The van der Waals surface area contributed by atoms with Crippen LogP contribution in [0.3, 0.4) is 0 Å². The SMILES string of the molecule is Cc1sc(C=O)cc1B(O)O. The Balaban J connectivity index is 3.06. The van der Waals surface area contributed by atoms with Crippen molar-refractivity contribution in [2.75, 3.05) is 0 Å². The summed E-state index contributed by atoms with van der Waals surface area (Å²) in [4.78, 5) is 11.5. The minimum Gasteiger partial charge on any atom is -0.423 e. The molecule has 0 amide bonds. The van der Waals surface area contributed by atoms with Crippen molar-refractivity contribution < 1.29 is 14.8 Å². The molecule has 0 saturated heterocycles. The number of thiophene rings is 1. The molecule has 1 rings (SSSR count). The van der Waals surface area contributed by atoms with Gasteiger partial charge in [-0.2, -0.15) is 0 Å². The van der Waals surface area contributed by atoms with Crippen LogP contribution < -0.4 is 5.46 Å². The van der Waals surface area contributed by atoms with Gasteiger partial charge in [0.1, 0.15) is 0 Å². The number of hydrogen-bond acceptors (Lipinski definition) is 4. The van der Waals surface area contributed by atoms with E-state index in [0.29, 0.717) is 16.6 Å². The van der Waals surface area contributed by atoms with E-state index >= 15 is 0 Å². The molecule has 0 spiro atoms. The van der Waals surface area contributed by atoms with Crippen LogP contribution >= 0.6 is 11.3 Å². The van der Waals surface area contributed by atoms with E-state index in [1.165, 1.54) is 17.4 Å². The summed E-state index contributed by atoms with van der Waals surface area (Å²) >= 11 is 1.25. The van der Waals surface area contributed by atoms with Gasteiger partial charge < -0.3 is 10.0 Å². The summed E-state index contributed by atoms with van der Waals surface area (Å²) in [5.74, 6) is 0. The van der Waals surface area contributed by atoms with Gasteiger partial charge in [-0.3, -0.25) is 4.79 Å². The first-order chi connectivity index (χ1) is 5.15. The molecule has 0 aliphatic rings. The van der Waals surface area contributed by atoms with Crippen molar-refractivity contribution in [2.45, 2.75) is 6.92 Å². The van der Waals surface area contributed by atoms with Gasteiger partial charge in [0.05, 0.1) is 4.88 Å². The Kier molecular flexibility index (Phi) is 2.43. The standard InChI is InChI=1S/C6H7BO3S/c1-4-6(7(9)10)2-5(3-8)11-4/h2-3,9-10H,1H3. The second-order valence-electron chi connectivity index (χ2n) is 2.15. The Bertz CT molecular complexity index is 269. The number of aryl methyl sites for hydroxylation is 1. The molecule has 1 aromatic heterocycles. The molecule has 58 valence electrons. The van der Waals surface area contributed by atoms with Gasteiger partial charge in [0.2, 0.25) is 0 Å². The smallest absolute Gasteiger partial charge is 0.423 e. The molecule has 3 nitrogen and oxygen atoms in total. The molecule has 0 saturated carbocycles. The van der Waals surface area contributed by atoms with Crippen molar-refractivity contribution in [3.63, 3.8) is 0 Å². The Labute approximate surface area is 68.4 Å². The monoisotopic (exact) mass is 170 g/mol. The van der Waals surface area contributed by atoms with Crippen LogP contribution in [0.2, 0.25) is 0 Å². The van der Waals surface area contributed by atoms with Crippen LogP contribution in [0.25, 0.3) is 0 Å². The summed E-state index contributed by atoms with van der Waals surface area (Å²) in [6.07, 6.45) is 0.698. The fourth-order valence-electron chi connectivity index (χ4n) is 0.834. The third kappa shape index (κ3) is 1.68. The van der Waals surface area contributed by atoms with Crippen LogP contribution in [0, 0.1) is 6.92 Å². The summed E-state index contributed by atoms with van der Waals surface area (Å²) in [6.45, 7) is 1.74. The van der Waals surface area contributed by atoms with Crippen molar-refractivity contribution >= 4 is 30.2 Å². The van der Waals surface area contributed by atoms with Crippen LogP contribution in [0.1, 0.15) is 14.5 Å². The van der Waals surface area contributed by atoms with E-state index in [1.54, 1.807) is 6.92 Å².